The van der Waals surface area contributed by atoms with Gasteiger partial charge in [0.2, 0.25) is 0 Å². The molecule has 0 saturated carbocycles. The first-order chi connectivity index (χ1) is 11.0. The molecule has 2 heterocycles. The number of nitrogens with one attached hydrogen (secondary N) is 2. The number of nitrogens with zero attached hydrogens (tertiary/aromatic N) is 1. The molecule has 1 unspecified atom stereocenters. The van der Waals surface area contributed by atoms with Crippen molar-refractivity contribution in [2.75, 3.05) is 13.1 Å². The monoisotopic (exact) mass is 379 g/mol. The molecule has 2 aromatic rings. The minimum Gasteiger partial charge on any atom is -0.449 e. The van der Waals surface area contributed by atoms with Crippen LogP contribution < -0.4 is 5.32 Å². The van der Waals surface area contributed by atoms with Crippen LogP contribution in [0.3, 0.4) is 0 Å². The third-order valence-corrected chi connectivity index (χ3v) is 4.11. The second-order valence-corrected chi connectivity index (χ2v) is 6.08. The van der Waals surface area contributed by atoms with Crippen LogP contribution in [-0.2, 0) is 9.53 Å². The average Bonchev–Trinajstić information content (AvgIpc) is 3.12. The maximum atomic E-state index is 12.3. The number of H-pyrrole nitrogens is 1. The topological polar surface area (TPSA) is 91.5 Å². The highest BCUT2D eigenvalue weighted by Gasteiger charge is 2.32. The van der Waals surface area contributed by atoms with Crippen LogP contribution >= 0.6 is 15.9 Å². The summed E-state index contributed by atoms with van der Waals surface area (Å²) in [7, 11) is 0. The van der Waals surface area contributed by atoms with Crippen molar-refractivity contribution in [3.05, 3.63) is 34.4 Å². The predicted molar refractivity (Wildman–Crippen MR) is 86.0 cm³/mol. The molecule has 1 fully saturated rings. The van der Waals surface area contributed by atoms with Gasteiger partial charge in [-0.15, -0.1) is 0 Å². The van der Waals surface area contributed by atoms with Crippen LogP contribution in [0.4, 0.5) is 4.79 Å². The van der Waals surface area contributed by atoms with Gasteiger partial charge in [-0.05, 0) is 25.1 Å². The first-order valence-corrected chi connectivity index (χ1v) is 7.83. The zero-order chi connectivity index (χ0) is 16.6. The summed E-state index contributed by atoms with van der Waals surface area (Å²) in [4.78, 5) is 40.0. The highest BCUT2D eigenvalue weighted by molar-refractivity contribution is 9.10. The molecule has 0 spiro atoms. The molecule has 2 N–H and O–H groups in total. The summed E-state index contributed by atoms with van der Waals surface area (Å²) in [6.45, 7) is 2.14. The van der Waals surface area contributed by atoms with E-state index in [-0.39, 0.29) is 6.54 Å². The summed E-state index contributed by atoms with van der Waals surface area (Å²) in [6, 6.07) is 5.02. The summed E-state index contributed by atoms with van der Waals surface area (Å²) < 4.78 is 6.05. The number of rotatable bonds is 3. The second-order valence-electron chi connectivity index (χ2n) is 5.16. The molecule has 1 saturated heterocycles. The van der Waals surface area contributed by atoms with Crippen molar-refractivity contribution in [3.63, 3.8) is 0 Å². The quantitative estimate of drug-likeness (QED) is 0.798. The van der Waals surface area contributed by atoms with Gasteiger partial charge in [0.15, 0.2) is 6.10 Å². The Hall–Kier alpha value is -2.35. The van der Waals surface area contributed by atoms with Crippen LogP contribution in [0.2, 0.25) is 0 Å². The SMILES string of the molecule is CC(OC(=O)c1c[nH]c2ccc(Br)cc12)C(=O)N1CCNC1=O. The minimum atomic E-state index is -1.04. The van der Waals surface area contributed by atoms with Crippen LogP contribution in [0.1, 0.15) is 17.3 Å². The lowest BCUT2D eigenvalue weighted by molar-refractivity contribution is -0.136. The normalized spacial score (nSPS) is 15.6. The summed E-state index contributed by atoms with van der Waals surface area (Å²) in [6.07, 6.45) is 0.502. The largest absolute Gasteiger partial charge is 0.449 e. The van der Waals surface area contributed by atoms with E-state index in [0.717, 1.165) is 14.9 Å². The van der Waals surface area contributed by atoms with E-state index in [1.165, 1.54) is 6.92 Å². The van der Waals surface area contributed by atoms with Gasteiger partial charge in [-0.3, -0.25) is 9.69 Å². The maximum Gasteiger partial charge on any atom is 0.341 e. The molecule has 1 aliphatic rings. The number of carbonyl (C=O) groups excluding carboxylic acids is 3. The highest BCUT2D eigenvalue weighted by atomic mass is 79.9. The standard InChI is InChI=1S/C15H14BrN3O4/c1-8(13(20)19-5-4-17-15(19)22)23-14(21)11-7-18-12-3-2-9(16)6-10(11)12/h2-3,6-8,18H,4-5H2,1H3,(H,17,22). The molecule has 0 bridgehead atoms. The molecule has 8 heteroatoms. The molecule has 23 heavy (non-hydrogen) atoms. The summed E-state index contributed by atoms with van der Waals surface area (Å²) >= 11 is 3.35. The Morgan fingerprint density at radius 1 is 1.39 bits per heavy atom. The number of esters is 1. The lowest BCUT2D eigenvalue weighted by atomic mass is 10.2. The summed E-state index contributed by atoms with van der Waals surface area (Å²) in [5, 5.41) is 3.23. The average molecular weight is 380 g/mol. The fraction of sp³-hybridized carbons (Fsp3) is 0.267. The number of fused-ring (bicyclic) bond motifs is 1. The molecule has 3 rings (SSSR count). The van der Waals surface area contributed by atoms with Crippen LogP contribution in [0.15, 0.2) is 28.9 Å². The van der Waals surface area contributed by atoms with E-state index < -0.39 is 24.0 Å². The number of hydrogen-bond donors (Lipinski definition) is 2. The Balaban J connectivity index is 1.76. The molecule has 0 aliphatic carbocycles. The number of aromatic amines is 1. The third kappa shape index (κ3) is 2.94. The molecule has 3 amide bonds. The minimum absolute atomic E-state index is 0.277. The Morgan fingerprint density at radius 2 is 2.17 bits per heavy atom. The first kappa shape index (κ1) is 15.5. The predicted octanol–water partition coefficient (Wildman–Crippen LogP) is 2.03. The van der Waals surface area contributed by atoms with Crippen LogP contribution in [0.25, 0.3) is 10.9 Å². The smallest absolute Gasteiger partial charge is 0.341 e. The van der Waals surface area contributed by atoms with E-state index in [1.54, 1.807) is 12.3 Å². The molecule has 1 aliphatic heterocycles. The number of amides is 3. The van der Waals surface area contributed by atoms with Crippen molar-refractivity contribution in [2.45, 2.75) is 13.0 Å². The molecule has 120 valence electrons. The summed E-state index contributed by atoms with van der Waals surface area (Å²) in [5.41, 5.74) is 1.13. The number of urea groups is 1. The molecule has 1 aromatic heterocycles. The molecule has 1 atom stereocenters. The first-order valence-electron chi connectivity index (χ1n) is 7.04. The Morgan fingerprint density at radius 3 is 2.87 bits per heavy atom. The van der Waals surface area contributed by atoms with Crippen LogP contribution in [0.5, 0.6) is 0 Å². The molecule has 7 nitrogen and oxygen atoms in total. The molecule has 0 radical (unpaired) electrons. The van der Waals surface area contributed by atoms with Crippen molar-refractivity contribution < 1.29 is 19.1 Å². The molecular formula is C15H14BrN3O4. The number of benzene rings is 1. The number of ether oxygens (including phenoxy) is 1. The van der Waals surface area contributed by atoms with Crippen molar-refractivity contribution >= 4 is 44.7 Å². The maximum absolute atomic E-state index is 12.3. The van der Waals surface area contributed by atoms with Crippen molar-refractivity contribution in [2.24, 2.45) is 0 Å². The van der Waals surface area contributed by atoms with Gasteiger partial charge in [0.25, 0.3) is 5.91 Å². The Labute approximate surface area is 140 Å². The van der Waals surface area contributed by atoms with Gasteiger partial charge in [-0.25, -0.2) is 9.59 Å². The zero-order valence-electron chi connectivity index (χ0n) is 12.3. The third-order valence-electron chi connectivity index (χ3n) is 3.62. The van der Waals surface area contributed by atoms with Crippen molar-refractivity contribution in [1.29, 1.82) is 0 Å². The molecule has 1 aromatic carbocycles. The lowest BCUT2D eigenvalue weighted by Gasteiger charge is -2.17. The zero-order valence-corrected chi connectivity index (χ0v) is 13.8. The van der Waals surface area contributed by atoms with Gasteiger partial charge in [0.1, 0.15) is 0 Å². The van der Waals surface area contributed by atoms with Crippen molar-refractivity contribution in [1.82, 2.24) is 15.2 Å². The number of imide groups is 1. The number of aromatic nitrogens is 1. The highest BCUT2D eigenvalue weighted by Crippen LogP contribution is 2.23. The lowest BCUT2D eigenvalue weighted by Crippen LogP contribution is -2.41. The van der Waals surface area contributed by atoms with E-state index in [9.17, 15) is 14.4 Å². The van der Waals surface area contributed by atoms with Gasteiger partial charge in [0.05, 0.1) is 5.56 Å². The number of halogens is 1. The van der Waals surface area contributed by atoms with E-state index in [4.69, 9.17) is 4.74 Å². The van der Waals surface area contributed by atoms with Gasteiger partial charge in [-0.2, -0.15) is 0 Å². The van der Waals surface area contributed by atoms with Crippen LogP contribution in [-0.4, -0.2) is 47.0 Å². The van der Waals surface area contributed by atoms with E-state index in [1.807, 2.05) is 12.1 Å². The van der Waals surface area contributed by atoms with Gasteiger partial charge >= 0.3 is 12.0 Å². The van der Waals surface area contributed by atoms with E-state index >= 15 is 0 Å². The number of hydrogen-bond acceptors (Lipinski definition) is 4. The van der Waals surface area contributed by atoms with E-state index in [2.05, 4.69) is 26.2 Å². The van der Waals surface area contributed by atoms with E-state index in [0.29, 0.717) is 17.5 Å². The van der Waals surface area contributed by atoms with Gasteiger partial charge in [0, 0.05) is 34.7 Å². The number of carbonyl (C=O) groups is 3. The van der Waals surface area contributed by atoms with Gasteiger partial charge < -0.3 is 15.0 Å². The fourth-order valence-corrected chi connectivity index (χ4v) is 2.80. The summed E-state index contributed by atoms with van der Waals surface area (Å²) in [5.74, 6) is -1.15. The van der Waals surface area contributed by atoms with Crippen LogP contribution in [0, 0.1) is 0 Å². The Kier molecular flexibility index (Phi) is 4.08. The second kappa shape index (κ2) is 6.04. The fourth-order valence-electron chi connectivity index (χ4n) is 2.44. The molecular weight excluding hydrogens is 366 g/mol. The Bertz CT molecular complexity index is 801. The van der Waals surface area contributed by atoms with Crippen molar-refractivity contribution in [3.8, 4) is 0 Å². The van der Waals surface area contributed by atoms with Gasteiger partial charge in [-0.1, -0.05) is 15.9 Å².